The summed E-state index contributed by atoms with van der Waals surface area (Å²) in [7, 11) is 1.51. The van der Waals surface area contributed by atoms with Crippen molar-refractivity contribution in [3.63, 3.8) is 0 Å². The van der Waals surface area contributed by atoms with Crippen LogP contribution in [0.4, 0.5) is 0 Å². The van der Waals surface area contributed by atoms with Gasteiger partial charge in [0, 0.05) is 19.7 Å². The van der Waals surface area contributed by atoms with Crippen LogP contribution in [-0.4, -0.2) is 35.8 Å². The highest BCUT2D eigenvalue weighted by Gasteiger charge is 2.21. The number of fused-ring (bicyclic) bond motifs is 1. The fourth-order valence-electron chi connectivity index (χ4n) is 2.83. The van der Waals surface area contributed by atoms with E-state index in [9.17, 15) is 14.7 Å². The summed E-state index contributed by atoms with van der Waals surface area (Å²) in [5.41, 5.74) is 0.996. The van der Waals surface area contributed by atoms with Gasteiger partial charge in [0.25, 0.3) is 5.91 Å². The minimum atomic E-state index is -0.969. The average Bonchev–Trinajstić information content (AvgIpc) is 3.13. The maximum absolute atomic E-state index is 12.1. The molecule has 0 bridgehead atoms. The van der Waals surface area contributed by atoms with Crippen LogP contribution in [-0.2, 0) is 22.6 Å². The summed E-state index contributed by atoms with van der Waals surface area (Å²) >= 11 is 0. The largest absolute Gasteiger partial charge is 0.481 e. The second-order valence-corrected chi connectivity index (χ2v) is 6.24. The average molecular weight is 368 g/mol. The standard InChI is InChI=1S/C20H20N2O5/c1-26-12-17-10-18(22-27-17)19(23)21-11-16(20(24)25)9-13-6-7-14-4-2-3-5-15(14)8-13/h2-8,10,16H,9,11-12H2,1H3,(H,21,23)(H,24,25). The number of carboxylic acid groups (broad SMARTS) is 1. The van der Waals surface area contributed by atoms with E-state index in [-0.39, 0.29) is 18.8 Å². The number of carbonyl (C=O) groups excluding carboxylic acids is 1. The zero-order valence-corrected chi connectivity index (χ0v) is 14.8. The molecule has 1 unspecified atom stereocenters. The maximum atomic E-state index is 12.1. The number of hydrogen-bond donors (Lipinski definition) is 2. The van der Waals surface area contributed by atoms with E-state index < -0.39 is 17.8 Å². The molecular formula is C20H20N2O5. The monoisotopic (exact) mass is 368 g/mol. The van der Waals surface area contributed by atoms with Gasteiger partial charge in [-0.2, -0.15) is 0 Å². The number of hydrogen-bond acceptors (Lipinski definition) is 5. The quantitative estimate of drug-likeness (QED) is 0.634. The first-order chi connectivity index (χ1) is 13.1. The van der Waals surface area contributed by atoms with Gasteiger partial charge < -0.3 is 19.7 Å². The Bertz CT molecular complexity index is 950. The van der Waals surface area contributed by atoms with Crippen molar-refractivity contribution in [2.45, 2.75) is 13.0 Å². The number of carbonyl (C=O) groups is 2. The van der Waals surface area contributed by atoms with Crippen LogP contribution in [0.25, 0.3) is 10.8 Å². The zero-order valence-electron chi connectivity index (χ0n) is 14.8. The molecule has 3 rings (SSSR count). The van der Waals surface area contributed by atoms with Crippen LogP contribution in [0.1, 0.15) is 21.8 Å². The van der Waals surface area contributed by atoms with Crippen LogP contribution >= 0.6 is 0 Å². The summed E-state index contributed by atoms with van der Waals surface area (Å²) in [5, 5.41) is 17.9. The molecule has 0 fully saturated rings. The first-order valence-corrected chi connectivity index (χ1v) is 8.50. The predicted molar refractivity (Wildman–Crippen MR) is 98.3 cm³/mol. The lowest BCUT2D eigenvalue weighted by molar-refractivity contribution is -0.141. The number of amides is 1. The van der Waals surface area contributed by atoms with Crippen molar-refractivity contribution in [1.29, 1.82) is 0 Å². The van der Waals surface area contributed by atoms with Gasteiger partial charge in [0.1, 0.15) is 6.61 Å². The molecule has 0 saturated heterocycles. The van der Waals surface area contributed by atoms with E-state index in [4.69, 9.17) is 9.26 Å². The molecule has 1 amide bonds. The Morgan fingerprint density at radius 1 is 1.19 bits per heavy atom. The molecule has 0 aliphatic rings. The van der Waals surface area contributed by atoms with E-state index in [1.165, 1.54) is 13.2 Å². The Hall–Kier alpha value is -3.19. The number of nitrogens with one attached hydrogen (secondary N) is 1. The summed E-state index contributed by atoms with van der Waals surface area (Å²) in [6, 6.07) is 15.2. The van der Waals surface area contributed by atoms with Crippen LogP contribution < -0.4 is 5.32 Å². The van der Waals surface area contributed by atoms with Crippen LogP contribution in [0.3, 0.4) is 0 Å². The van der Waals surface area contributed by atoms with E-state index in [0.29, 0.717) is 12.2 Å². The van der Waals surface area contributed by atoms with Gasteiger partial charge in [0.2, 0.25) is 0 Å². The summed E-state index contributed by atoms with van der Waals surface area (Å²) in [5.74, 6) is -1.77. The SMILES string of the molecule is COCc1cc(C(=O)NCC(Cc2ccc3ccccc3c2)C(=O)O)no1. The Labute approximate surface area is 155 Å². The van der Waals surface area contributed by atoms with E-state index in [0.717, 1.165) is 16.3 Å². The molecule has 2 aromatic carbocycles. The second-order valence-electron chi connectivity index (χ2n) is 6.24. The number of methoxy groups -OCH3 is 1. The molecular weight excluding hydrogens is 348 g/mol. The number of nitrogens with zero attached hydrogens (tertiary/aromatic N) is 1. The molecule has 27 heavy (non-hydrogen) atoms. The minimum Gasteiger partial charge on any atom is -0.481 e. The van der Waals surface area contributed by atoms with Gasteiger partial charge in [-0.1, -0.05) is 47.6 Å². The van der Waals surface area contributed by atoms with Gasteiger partial charge in [0.05, 0.1) is 5.92 Å². The van der Waals surface area contributed by atoms with E-state index in [2.05, 4.69) is 10.5 Å². The van der Waals surface area contributed by atoms with Crippen molar-refractivity contribution in [3.8, 4) is 0 Å². The molecule has 7 nitrogen and oxygen atoms in total. The molecule has 0 aliphatic carbocycles. The van der Waals surface area contributed by atoms with Gasteiger partial charge in [-0.25, -0.2) is 0 Å². The Balaban J connectivity index is 1.64. The van der Waals surface area contributed by atoms with Gasteiger partial charge >= 0.3 is 5.97 Å². The smallest absolute Gasteiger partial charge is 0.308 e. The van der Waals surface area contributed by atoms with E-state index in [1.807, 2.05) is 42.5 Å². The normalized spacial score (nSPS) is 12.0. The van der Waals surface area contributed by atoms with Crippen LogP contribution in [0.2, 0.25) is 0 Å². The molecule has 1 atom stereocenters. The highest BCUT2D eigenvalue weighted by molar-refractivity contribution is 5.92. The first kappa shape index (κ1) is 18.6. The Morgan fingerprint density at radius 3 is 2.70 bits per heavy atom. The minimum absolute atomic E-state index is 0.00648. The summed E-state index contributed by atoms with van der Waals surface area (Å²) in [4.78, 5) is 23.8. The number of ether oxygens (including phenoxy) is 1. The van der Waals surface area contributed by atoms with Crippen molar-refractivity contribution in [2.24, 2.45) is 5.92 Å². The van der Waals surface area contributed by atoms with Crippen LogP contribution in [0, 0.1) is 5.92 Å². The number of carboxylic acids is 1. The van der Waals surface area contributed by atoms with Crippen LogP contribution in [0.5, 0.6) is 0 Å². The molecule has 7 heteroatoms. The predicted octanol–water partition coefficient (Wildman–Crippen LogP) is 2.65. The van der Waals surface area contributed by atoms with Gasteiger partial charge in [-0.15, -0.1) is 0 Å². The van der Waals surface area contributed by atoms with Gasteiger partial charge in [-0.3, -0.25) is 9.59 Å². The second kappa shape index (κ2) is 8.46. The summed E-state index contributed by atoms with van der Waals surface area (Å²) in [6.45, 7) is 0.202. The summed E-state index contributed by atoms with van der Waals surface area (Å²) < 4.78 is 9.87. The third-order valence-electron chi connectivity index (χ3n) is 4.23. The third kappa shape index (κ3) is 4.71. The summed E-state index contributed by atoms with van der Waals surface area (Å²) in [6.07, 6.45) is 0.314. The Morgan fingerprint density at radius 2 is 1.96 bits per heavy atom. The van der Waals surface area contributed by atoms with Crippen molar-refractivity contribution in [1.82, 2.24) is 10.5 Å². The van der Waals surface area contributed by atoms with Crippen molar-refractivity contribution in [2.75, 3.05) is 13.7 Å². The fraction of sp³-hybridized carbons (Fsp3) is 0.250. The van der Waals surface area contributed by atoms with Crippen molar-refractivity contribution >= 4 is 22.6 Å². The van der Waals surface area contributed by atoms with Crippen molar-refractivity contribution in [3.05, 3.63) is 65.5 Å². The lowest BCUT2D eigenvalue weighted by Gasteiger charge is -2.13. The van der Waals surface area contributed by atoms with Gasteiger partial charge in [0.15, 0.2) is 11.5 Å². The number of benzene rings is 2. The number of aromatic nitrogens is 1. The Kier molecular flexibility index (Phi) is 5.83. The molecule has 0 saturated carbocycles. The van der Waals surface area contributed by atoms with Gasteiger partial charge in [-0.05, 0) is 22.8 Å². The molecule has 0 radical (unpaired) electrons. The molecule has 1 heterocycles. The van der Waals surface area contributed by atoms with Crippen molar-refractivity contribution < 1.29 is 24.0 Å². The topological polar surface area (TPSA) is 102 Å². The number of aliphatic carboxylic acids is 1. The molecule has 3 aromatic rings. The highest BCUT2D eigenvalue weighted by atomic mass is 16.5. The third-order valence-corrected chi connectivity index (χ3v) is 4.23. The maximum Gasteiger partial charge on any atom is 0.308 e. The molecule has 1 aromatic heterocycles. The molecule has 0 spiro atoms. The van der Waals surface area contributed by atoms with Crippen LogP contribution in [0.15, 0.2) is 53.1 Å². The number of rotatable bonds is 8. The first-order valence-electron chi connectivity index (χ1n) is 8.50. The lowest BCUT2D eigenvalue weighted by Crippen LogP contribution is -2.34. The lowest BCUT2D eigenvalue weighted by atomic mass is 9.97. The fourth-order valence-corrected chi connectivity index (χ4v) is 2.83. The van der Waals surface area contributed by atoms with E-state index in [1.54, 1.807) is 0 Å². The molecule has 0 aliphatic heterocycles. The molecule has 2 N–H and O–H groups in total. The zero-order chi connectivity index (χ0) is 19.2. The highest BCUT2D eigenvalue weighted by Crippen LogP contribution is 2.18. The van der Waals surface area contributed by atoms with E-state index >= 15 is 0 Å². The molecule has 140 valence electrons.